The predicted molar refractivity (Wildman–Crippen MR) is 64.4 cm³/mol. The molecule has 0 spiro atoms. The lowest BCUT2D eigenvalue weighted by molar-refractivity contribution is 0.0723. The largest absolute Gasteiger partial charge is 0.497 e. The van der Waals surface area contributed by atoms with Gasteiger partial charge in [0.05, 0.1) is 12.7 Å². The number of hydrogen-bond donors (Lipinski definition) is 0. The maximum atomic E-state index is 5.77. The molecule has 0 N–H and O–H groups in total. The molecule has 1 unspecified atom stereocenters. The Balaban J connectivity index is 2.05. The van der Waals surface area contributed by atoms with Crippen molar-refractivity contribution in [3.05, 3.63) is 0 Å². The summed E-state index contributed by atoms with van der Waals surface area (Å²) in [5, 5.41) is 0. The second-order valence-electron chi connectivity index (χ2n) is 4.03. The van der Waals surface area contributed by atoms with E-state index in [-0.39, 0.29) is 0 Å². The van der Waals surface area contributed by atoms with Gasteiger partial charge in [-0.15, -0.1) is 0 Å². The number of hydrogen-bond acceptors (Lipinski definition) is 4. The van der Waals surface area contributed by atoms with E-state index in [4.69, 9.17) is 18.0 Å². The molecule has 1 fully saturated rings. The van der Waals surface area contributed by atoms with Crippen LogP contribution in [-0.2, 0) is 18.0 Å². The van der Waals surface area contributed by atoms with Crippen LogP contribution in [0.15, 0.2) is 0 Å². The molecule has 0 aliphatic carbocycles. The van der Waals surface area contributed by atoms with Crippen LogP contribution < -0.4 is 0 Å². The molecule has 5 heteroatoms. The van der Waals surface area contributed by atoms with Gasteiger partial charge in [-0.1, -0.05) is 0 Å². The predicted octanol–water partition coefficient (Wildman–Crippen LogP) is 2.21. The van der Waals surface area contributed by atoms with E-state index in [9.17, 15) is 0 Å². The Morgan fingerprint density at radius 3 is 2.25 bits per heavy atom. The summed E-state index contributed by atoms with van der Waals surface area (Å²) in [4.78, 5) is 0. The Labute approximate surface area is 99.6 Å². The highest BCUT2D eigenvalue weighted by molar-refractivity contribution is 6.59. The summed E-state index contributed by atoms with van der Waals surface area (Å²) < 4.78 is 22.1. The molecule has 1 heterocycles. The SMILES string of the molecule is CCO[Si](C)(OCC)OCCCCC1CO1. The lowest BCUT2D eigenvalue weighted by Gasteiger charge is -2.24. The van der Waals surface area contributed by atoms with Crippen LogP contribution in [0.1, 0.15) is 33.1 Å². The van der Waals surface area contributed by atoms with Crippen molar-refractivity contribution in [1.29, 1.82) is 0 Å². The van der Waals surface area contributed by atoms with Gasteiger partial charge in [-0.05, 0) is 33.1 Å². The van der Waals surface area contributed by atoms with Crippen LogP contribution in [0.25, 0.3) is 0 Å². The van der Waals surface area contributed by atoms with Crippen molar-refractivity contribution in [3.63, 3.8) is 0 Å². The summed E-state index contributed by atoms with van der Waals surface area (Å²) in [7, 11) is -2.34. The van der Waals surface area contributed by atoms with Gasteiger partial charge in [-0.25, -0.2) is 0 Å². The van der Waals surface area contributed by atoms with Gasteiger partial charge >= 0.3 is 8.80 Å². The molecule has 0 aromatic heterocycles. The van der Waals surface area contributed by atoms with Crippen molar-refractivity contribution >= 4 is 8.80 Å². The third-order valence-corrected chi connectivity index (χ3v) is 4.85. The molecule has 0 aromatic rings. The molecular formula is C11H24O4Si. The van der Waals surface area contributed by atoms with Crippen molar-refractivity contribution in [3.8, 4) is 0 Å². The maximum absolute atomic E-state index is 5.77. The Morgan fingerprint density at radius 1 is 1.12 bits per heavy atom. The van der Waals surface area contributed by atoms with E-state index in [1.54, 1.807) is 0 Å². The van der Waals surface area contributed by atoms with Gasteiger partial charge in [-0.3, -0.25) is 0 Å². The summed E-state index contributed by atoms with van der Waals surface area (Å²) in [5.74, 6) is 0. The minimum atomic E-state index is -2.34. The molecule has 96 valence electrons. The van der Waals surface area contributed by atoms with E-state index in [1.807, 2.05) is 20.4 Å². The normalized spacial score (nSPS) is 20.1. The molecule has 1 aliphatic rings. The average Bonchev–Trinajstić information content (AvgIpc) is 3.02. The van der Waals surface area contributed by atoms with E-state index in [1.165, 1.54) is 0 Å². The third-order valence-electron chi connectivity index (χ3n) is 2.50. The minimum Gasteiger partial charge on any atom is -0.374 e. The number of ether oxygens (including phenoxy) is 1. The first-order valence-corrected chi connectivity index (χ1v) is 8.46. The van der Waals surface area contributed by atoms with Crippen molar-refractivity contribution in [2.75, 3.05) is 26.4 Å². The molecule has 0 amide bonds. The fourth-order valence-electron chi connectivity index (χ4n) is 1.62. The maximum Gasteiger partial charge on any atom is 0.497 e. The molecule has 0 bridgehead atoms. The Hall–Kier alpha value is 0.0569. The summed E-state index contributed by atoms with van der Waals surface area (Å²) in [6, 6.07) is 0. The third kappa shape index (κ3) is 5.96. The van der Waals surface area contributed by atoms with E-state index in [0.29, 0.717) is 19.3 Å². The van der Waals surface area contributed by atoms with Crippen LogP contribution in [0, 0.1) is 0 Å². The number of unbranched alkanes of at least 4 members (excludes halogenated alkanes) is 1. The molecule has 1 rings (SSSR count). The first-order valence-electron chi connectivity index (χ1n) is 6.23. The molecule has 0 aromatic carbocycles. The van der Waals surface area contributed by atoms with Crippen molar-refractivity contribution < 1.29 is 18.0 Å². The van der Waals surface area contributed by atoms with Crippen LogP contribution in [0.2, 0.25) is 6.55 Å². The summed E-state index contributed by atoms with van der Waals surface area (Å²) in [6.45, 7) is 8.89. The van der Waals surface area contributed by atoms with Crippen molar-refractivity contribution in [2.24, 2.45) is 0 Å². The van der Waals surface area contributed by atoms with Crippen LogP contribution in [-0.4, -0.2) is 41.3 Å². The molecular weight excluding hydrogens is 224 g/mol. The topological polar surface area (TPSA) is 40.2 Å². The second-order valence-corrected chi connectivity index (χ2v) is 6.62. The van der Waals surface area contributed by atoms with Crippen LogP contribution in [0.3, 0.4) is 0 Å². The number of epoxide rings is 1. The van der Waals surface area contributed by atoms with Gasteiger partial charge in [0.1, 0.15) is 0 Å². The quantitative estimate of drug-likeness (QED) is 0.338. The molecule has 1 aliphatic heterocycles. The Morgan fingerprint density at radius 2 is 1.75 bits per heavy atom. The fourth-order valence-corrected chi connectivity index (χ4v) is 3.43. The first kappa shape index (κ1) is 14.1. The van der Waals surface area contributed by atoms with E-state index < -0.39 is 8.80 Å². The average molecular weight is 248 g/mol. The summed E-state index contributed by atoms with van der Waals surface area (Å²) in [5.41, 5.74) is 0. The standard InChI is InChI=1S/C11H24O4Si/c1-4-13-16(3,14-5-2)15-9-7-6-8-11-10-12-11/h11H,4-10H2,1-3H3. The van der Waals surface area contributed by atoms with Gasteiger partial charge in [0.15, 0.2) is 0 Å². The highest BCUT2D eigenvalue weighted by Crippen LogP contribution is 2.17. The lowest BCUT2D eigenvalue weighted by Crippen LogP contribution is -2.42. The van der Waals surface area contributed by atoms with E-state index in [0.717, 1.165) is 32.5 Å². The Kier molecular flexibility index (Phi) is 6.53. The van der Waals surface area contributed by atoms with Gasteiger partial charge in [0, 0.05) is 26.4 Å². The summed E-state index contributed by atoms with van der Waals surface area (Å²) in [6.07, 6.45) is 3.91. The molecule has 0 radical (unpaired) electrons. The first-order chi connectivity index (χ1) is 7.70. The molecule has 1 saturated heterocycles. The van der Waals surface area contributed by atoms with Gasteiger partial charge < -0.3 is 18.0 Å². The molecule has 16 heavy (non-hydrogen) atoms. The zero-order valence-corrected chi connectivity index (χ0v) is 11.7. The Bertz CT molecular complexity index is 179. The van der Waals surface area contributed by atoms with Crippen LogP contribution in [0.4, 0.5) is 0 Å². The molecule has 4 nitrogen and oxygen atoms in total. The van der Waals surface area contributed by atoms with E-state index >= 15 is 0 Å². The highest BCUT2D eigenvalue weighted by Gasteiger charge is 2.33. The minimum absolute atomic E-state index is 0.530. The van der Waals surface area contributed by atoms with Gasteiger partial charge in [0.2, 0.25) is 0 Å². The lowest BCUT2D eigenvalue weighted by atomic mass is 10.2. The zero-order valence-electron chi connectivity index (χ0n) is 10.7. The van der Waals surface area contributed by atoms with E-state index in [2.05, 4.69) is 0 Å². The molecule has 0 saturated carbocycles. The van der Waals surface area contributed by atoms with Gasteiger partial charge in [-0.2, -0.15) is 0 Å². The molecule has 1 atom stereocenters. The van der Waals surface area contributed by atoms with Crippen LogP contribution >= 0.6 is 0 Å². The smallest absolute Gasteiger partial charge is 0.374 e. The summed E-state index contributed by atoms with van der Waals surface area (Å²) >= 11 is 0. The monoisotopic (exact) mass is 248 g/mol. The second kappa shape index (κ2) is 7.40. The van der Waals surface area contributed by atoms with Crippen molar-refractivity contribution in [1.82, 2.24) is 0 Å². The highest BCUT2D eigenvalue weighted by atomic mass is 28.4. The van der Waals surface area contributed by atoms with Crippen molar-refractivity contribution in [2.45, 2.75) is 45.8 Å². The fraction of sp³-hybridized carbons (Fsp3) is 1.00. The van der Waals surface area contributed by atoms with Gasteiger partial charge in [0.25, 0.3) is 0 Å². The number of rotatable bonds is 10. The van der Waals surface area contributed by atoms with Crippen LogP contribution in [0.5, 0.6) is 0 Å². The zero-order chi connectivity index (χ0) is 11.9.